The third kappa shape index (κ3) is 3.94. The Morgan fingerprint density at radius 3 is 2.68 bits per heavy atom. The van der Waals surface area contributed by atoms with Crippen molar-refractivity contribution >= 4 is 22.5 Å². The lowest BCUT2D eigenvalue weighted by Gasteiger charge is -2.14. The summed E-state index contributed by atoms with van der Waals surface area (Å²) in [4.78, 5) is 15.3. The number of hydrogen-bond acceptors (Lipinski definition) is 4. The Morgan fingerprint density at radius 2 is 1.97 bits per heavy atom. The molecule has 0 aliphatic carbocycles. The van der Waals surface area contributed by atoms with Gasteiger partial charge in [-0.15, -0.1) is 0 Å². The van der Waals surface area contributed by atoms with Gasteiger partial charge in [-0.25, -0.2) is 4.39 Å². The monoisotopic (exact) mass is 418 g/mol. The number of carbonyl (C=O) groups is 1. The second kappa shape index (κ2) is 7.96. The van der Waals surface area contributed by atoms with Crippen molar-refractivity contribution in [1.82, 2.24) is 24.9 Å². The molecule has 0 bridgehead atoms. The zero-order valence-electron chi connectivity index (χ0n) is 17.2. The van der Waals surface area contributed by atoms with Crippen molar-refractivity contribution in [3.63, 3.8) is 0 Å². The molecular weight excluding hydrogens is 395 g/mol. The standard InChI is InChI=1S/C23H23FN6O/c1-29-14-16(12-25-29)18-10-19-21(11-20(18)24)27-28-22(19)23(31)26-17-6-4-15(5-7-17)13-30-8-2-3-9-30/h4-7,10-12,14H,2-3,8-9,13H2,1H3,(H,26,31)(H,27,28). The van der Waals surface area contributed by atoms with Gasteiger partial charge < -0.3 is 5.32 Å². The van der Waals surface area contributed by atoms with Crippen LogP contribution in [0.4, 0.5) is 10.1 Å². The quantitative estimate of drug-likeness (QED) is 0.514. The van der Waals surface area contributed by atoms with E-state index in [-0.39, 0.29) is 11.6 Å². The molecule has 0 atom stereocenters. The molecule has 3 heterocycles. The third-order valence-electron chi connectivity index (χ3n) is 5.70. The SMILES string of the molecule is Cn1cc(-c2cc3c(C(=O)Nc4ccc(CN5CCCC5)cc4)n[nH]c3cc2F)cn1. The number of likely N-dealkylation sites (tertiary alicyclic amines) is 1. The van der Waals surface area contributed by atoms with Gasteiger partial charge in [-0.1, -0.05) is 12.1 Å². The highest BCUT2D eigenvalue weighted by Crippen LogP contribution is 2.28. The van der Waals surface area contributed by atoms with E-state index in [9.17, 15) is 9.18 Å². The normalized spacial score (nSPS) is 14.4. The summed E-state index contributed by atoms with van der Waals surface area (Å²) < 4.78 is 16.2. The molecule has 1 amide bonds. The average Bonchev–Trinajstić information content (AvgIpc) is 3.50. The highest BCUT2D eigenvalue weighted by molar-refractivity contribution is 6.11. The summed E-state index contributed by atoms with van der Waals surface area (Å²) in [6, 6.07) is 10.9. The molecule has 2 N–H and O–H groups in total. The molecule has 2 aromatic heterocycles. The van der Waals surface area contributed by atoms with Crippen LogP contribution >= 0.6 is 0 Å². The molecule has 4 aromatic rings. The third-order valence-corrected chi connectivity index (χ3v) is 5.70. The van der Waals surface area contributed by atoms with Crippen LogP contribution in [0.15, 0.2) is 48.8 Å². The molecule has 31 heavy (non-hydrogen) atoms. The minimum atomic E-state index is -0.398. The zero-order valence-corrected chi connectivity index (χ0v) is 17.2. The number of aromatic nitrogens is 4. The number of amides is 1. The molecule has 1 aliphatic rings. The van der Waals surface area contributed by atoms with E-state index >= 15 is 0 Å². The van der Waals surface area contributed by atoms with E-state index in [4.69, 9.17) is 0 Å². The van der Waals surface area contributed by atoms with E-state index < -0.39 is 5.82 Å². The Kier molecular flexibility index (Phi) is 4.99. The number of nitrogens with zero attached hydrogens (tertiary/aromatic N) is 4. The lowest BCUT2D eigenvalue weighted by molar-refractivity contribution is 0.102. The van der Waals surface area contributed by atoms with E-state index in [0.717, 1.165) is 19.6 Å². The summed E-state index contributed by atoms with van der Waals surface area (Å²) in [5, 5.41) is 14.4. The van der Waals surface area contributed by atoms with E-state index in [1.54, 1.807) is 30.2 Å². The van der Waals surface area contributed by atoms with E-state index in [1.807, 2.05) is 24.3 Å². The van der Waals surface area contributed by atoms with Crippen molar-refractivity contribution < 1.29 is 9.18 Å². The van der Waals surface area contributed by atoms with Crippen LogP contribution < -0.4 is 5.32 Å². The number of aromatic amines is 1. The summed E-state index contributed by atoms with van der Waals surface area (Å²) in [5.41, 5.74) is 3.63. The maximum Gasteiger partial charge on any atom is 0.276 e. The molecular formula is C23H23FN6O. The van der Waals surface area contributed by atoms with E-state index in [2.05, 4.69) is 25.5 Å². The Balaban J connectivity index is 1.37. The summed E-state index contributed by atoms with van der Waals surface area (Å²) in [6.07, 6.45) is 5.85. The molecule has 8 heteroatoms. The first-order valence-electron chi connectivity index (χ1n) is 10.4. The van der Waals surface area contributed by atoms with Gasteiger partial charge in [-0.3, -0.25) is 19.5 Å². The van der Waals surface area contributed by atoms with Crippen LogP contribution in [-0.4, -0.2) is 43.9 Å². The molecule has 5 rings (SSSR count). The summed E-state index contributed by atoms with van der Waals surface area (Å²) >= 11 is 0. The fourth-order valence-corrected chi connectivity index (χ4v) is 4.08. The van der Waals surface area contributed by atoms with Crippen LogP contribution in [0.3, 0.4) is 0 Å². The molecule has 0 unspecified atom stereocenters. The van der Waals surface area contributed by atoms with Gasteiger partial charge in [0.15, 0.2) is 5.69 Å². The minimum absolute atomic E-state index is 0.223. The van der Waals surface area contributed by atoms with Gasteiger partial charge in [-0.05, 0) is 49.7 Å². The van der Waals surface area contributed by atoms with E-state index in [1.165, 1.54) is 24.5 Å². The van der Waals surface area contributed by atoms with Crippen molar-refractivity contribution in [3.05, 3.63) is 65.9 Å². The molecule has 0 spiro atoms. The minimum Gasteiger partial charge on any atom is -0.321 e. The van der Waals surface area contributed by atoms with Crippen molar-refractivity contribution in [2.24, 2.45) is 7.05 Å². The number of H-pyrrole nitrogens is 1. The van der Waals surface area contributed by atoms with E-state index in [0.29, 0.717) is 27.7 Å². The molecule has 1 saturated heterocycles. The molecule has 0 radical (unpaired) electrons. The van der Waals surface area contributed by atoms with Crippen molar-refractivity contribution in [3.8, 4) is 11.1 Å². The number of benzene rings is 2. The average molecular weight is 418 g/mol. The predicted octanol–water partition coefficient (Wildman–Crippen LogP) is 3.95. The van der Waals surface area contributed by atoms with Gasteiger partial charge in [0.05, 0.1) is 11.7 Å². The summed E-state index contributed by atoms with van der Waals surface area (Å²) in [5.74, 6) is -0.744. The molecule has 7 nitrogen and oxygen atoms in total. The molecule has 0 saturated carbocycles. The molecule has 2 aromatic carbocycles. The van der Waals surface area contributed by atoms with Gasteiger partial charge in [0.25, 0.3) is 5.91 Å². The fraction of sp³-hybridized carbons (Fsp3) is 0.261. The number of halogens is 1. The first-order chi connectivity index (χ1) is 15.1. The van der Waals surface area contributed by atoms with Gasteiger partial charge >= 0.3 is 0 Å². The Labute approximate surface area is 178 Å². The van der Waals surface area contributed by atoms with Crippen molar-refractivity contribution in [2.45, 2.75) is 19.4 Å². The summed E-state index contributed by atoms with van der Waals surface area (Å²) in [6.45, 7) is 3.22. The Bertz CT molecular complexity index is 1240. The maximum atomic E-state index is 14.6. The molecule has 1 aliphatic heterocycles. The van der Waals surface area contributed by atoms with Gasteiger partial charge in [-0.2, -0.15) is 10.2 Å². The number of rotatable bonds is 5. The lowest BCUT2D eigenvalue weighted by Crippen LogP contribution is -2.18. The summed E-state index contributed by atoms with van der Waals surface area (Å²) in [7, 11) is 1.77. The largest absolute Gasteiger partial charge is 0.321 e. The van der Waals surface area contributed by atoms with Crippen LogP contribution in [0.1, 0.15) is 28.9 Å². The smallest absolute Gasteiger partial charge is 0.276 e. The van der Waals surface area contributed by atoms with Crippen LogP contribution in [0.25, 0.3) is 22.0 Å². The Morgan fingerprint density at radius 1 is 1.19 bits per heavy atom. The van der Waals surface area contributed by atoms with Crippen LogP contribution in [-0.2, 0) is 13.6 Å². The maximum absolute atomic E-state index is 14.6. The second-order valence-corrected chi connectivity index (χ2v) is 7.99. The predicted molar refractivity (Wildman–Crippen MR) is 117 cm³/mol. The van der Waals surface area contributed by atoms with Crippen LogP contribution in [0, 0.1) is 5.82 Å². The lowest BCUT2D eigenvalue weighted by atomic mass is 10.0. The van der Waals surface area contributed by atoms with Crippen molar-refractivity contribution in [1.29, 1.82) is 0 Å². The Hall–Kier alpha value is -3.52. The van der Waals surface area contributed by atoms with Crippen LogP contribution in [0.2, 0.25) is 0 Å². The first-order valence-corrected chi connectivity index (χ1v) is 10.4. The van der Waals surface area contributed by atoms with Crippen molar-refractivity contribution in [2.75, 3.05) is 18.4 Å². The van der Waals surface area contributed by atoms with Gasteiger partial charge in [0, 0.05) is 48.1 Å². The number of hydrogen-bond donors (Lipinski definition) is 2. The zero-order chi connectivity index (χ0) is 21.4. The molecule has 158 valence electrons. The second-order valence-electron chi connectivity index (χ2n) is 7.99. The number of fused-ring (bicyclic) bond motifs is 1. The van der Waals surface area contributed by atoms with Gasteiger partial charge in [0.1, 0.15) is 5.82 Å². The fourth-order valence-electron chi connectivity index (χ4n) is 4.08. The number of anilines is 1. The van der Waals surface area contributed by atoms with Crippen LogP contribution in [0.5, 0.6) is 0 Å². The molecule has 1 fully saturated rings. The highest BCUT2D eigenvalue weighted by atomic mass is 19.1. The topological polar surface area (TPSA) is 78.8 Å². The number of carbonyl (C=O) groups excluding carboxylic acids is 1. The first kappa shape index (κ1) is 19.4. The number of nitrogens with one attached hydrogen (secondary N) is 2. The van der Waals surface area contributed by atoms with Gasteiger partial charge in [0.2, 0.25) is 0 Å². The highest BCUT2D eigenvalue weighted by Gasteiger charge is 2.18. The number of aryl methyl sites for hydroxylation is 1.